The fraction of sp³-hybridized carbons (Fsp3) is 0.850. The molecule has 3 saturated carbocycles. The van der Waals surface area contributed by atoms with Gasteiger partial charge in [-0.3, -0.25) is 14.9 Å². The van der Waals surface area contributed by atoms with Gasteiger partial charge in [-0.05, 0) is 79.6 Å². The fourth-order valence-corrected chi connectivity index (χ4v) is 7.02. The molecule has 0 amide bonds. The summed E-state index contributed by atoms with van der Waals surface area (Å²) in [7, 11) is 0. The molecule has 6 atom stereocenters. The van der Waals surface area contributed by atoms with Crippen LogP contribution in [0.2, 0.25) is 0 Å². The van der Waals surface area contributed by atoms with E-state index in [-0.39, 0.29) is 22.3 Å². The maximum absolute atomic E-state index is 12.4. The summed E-state index contributed by atoms with van der Waals surface area (Å²) in [5.74, 6) is 3.09. The van der Waals surface area contributed by atoms with Gasteiger partial charge in [0.05, 0.1) is 0 Å². The number of hydrogen-bond donors (Lipinski definition) is 0. The highest BCUT2D eigenvalue weighted by molar-refractivity contribution is 5.87. The van der Waals surface area contributed by atoms with E-state index in [4.69, 9.17) is 0 Å². The van der Waals surface area contributed by atoms with Crippen LogP contribution in [0.4, 0.5) is 0 Å². The summed E-state index contributed by atoms with van der Waals surface area (Å²) in [6.45, 7) is 4.69. The zero-order chi connectivity index (χ0) is 17.1. The fourth-order valence-electron chi connectivity index (χ4n) is 7.02. The van der Waals surface area contributed by atoms with E-state index in [1.807, 2.05) is 0 Å². The number of nitro groups is 1. The zero-order valence-electron chi connectivity index (χ0n) is 14.9. The van der Waals surface area contributed by atoms with Crippen molar-refractivity contribution in [3.8, 4) is 0 Å². The molecule has 0 heterocycles. The van der Waals surface area contributed by atoms with Gasteiger partial charge in [-0.15, -0.1) is 0 Å². The highest BCUT2D eigenvalue weighted by Gasteiger charge is 2.59. The molecule has 4 heteroatoms. The van der Waals surface area contributed by atoms with E-state index < -0.39 is 0 Å². The van der Waals surface area contributed by atoms with Gasteiger partial charge in [0, 0.05) is 16.8 Å². The van der Waals surface area contributed by atoms with Crippen LogP contribution in [0.15, 0.2) is 11.6 Å². The molecule has 0 aromatic carbocycles. The molecule has 0 aromatic rings. The van der Waals surface area contributed by atoms with Crippen LogP contribution >= 0.6 is 0 Å². The first-order valence-corrected chi connectivity index (χ1v) is 9.67. The van der Waals surface area contributed by atoms with Crippen molar-refractivity contribution in [2.45, 2.75) is 65.2 Å². The number of rotatable bonds is 2. The Labute approximate surface area is 144 Å². The summed E-state index contributed by atoms with van der Waals surface area (Å²) in [5, 5.41) is 10.9. The van der Waals surface area contributed by atoms with Crippen LogP contribution in [0.5, 0.6) is 0 Å². The number of Topliss-reactive ketones (excluding diaryl/α,β-unsaturated/α-hetero) is 1. The van der Waals surface area contributed by atoms with Gasteiger partial charge in [-0.25, -0.2) is 0 Å². The van der Waals surface area contributed by atoms with Crippen LogP contribution < -0.4 is 0 Å². The number of fused-ring (bicyclic) bond motifs is 5. The lowest BCUT2D eigenvalue weighted by Crippen LogP contribution is -2.52. The molecule has 0 aromatic heterocycles. The zero-order valence-corrected chi connectivity index (χ0v) is 14.9. The van der Waals surface area contributed by atoms with E-state index in [1.165, 1.54) is 19.3 Å². The van der Waals surface area contributed by atoms with Crippen molar-refractivity contribution in [1.82, 2.24) is 0 Å². The van der Waals surface area contributed by atoms with E-state index in [9.17, 15) is 14.9 Å². The number of hydrogen-bond acceptors (Lipinski definition) is 3. The summed E-state index contributed by atoms with van der Waals surface area (Å²) in [6, 6.07) is 0. The normalized spacial score (nSPS) is 47.4. The maximum Gasteiger partial charge on any atom is 0.224 e. The molecule has 0 aliphatic heterocycles. The highest BCUT2D eigenvalue weighted by Crippen LogP contribution is 2.65. The molecule has 3 fully saturated rings. The van der Waals surface area contributed by atoms with E-state index >= 15 is 0 Å². The third-order valence-corrected chi connectivity index (χ3v) is 8.45. The predicted octanol–water partition coefficient (Wildman–Crippen LogP) is 4.41. The lowest BCUT2D eigenvalue weighted by Gasteiger charge is -2.59. The van der Waals surface area contributed by atoms with Crippen molar-refractivity contribution < 1.29 is 9.72 Å². The second kappa shape index (κ2) is 5.40. The maximum atomic E-state index is 12.4. The number of ketones is 1. The quantitative estimate of drug-likeness (QED) is 0.428. The Morgan fingerprint density at radius 3 is 2.75 bits per heavy atom. The summed E-state index contributed by atoms with van der Waals surface area (Å²) in [4.78, 5) is 23.1. The molecule has 0 spiro atoms. The van der Waals surface area contributed by atoms with Gasteiger partial charge in [-0.2, -0.15) is 0 Å². The number of allylic oxidation sites excluding steroid dienone is 1. The van der Waals surface area contributed by atoms with Gasteiger partial charge >= 0.3 is 0 Å². The van der Waals surface area contributed by atoms with Crippen LogP contribution in [-0.4, -0.2) is 17.3 Å². The summed E-state index contributed by atoms with van der Waals surface area (Å²) >= 11 is 0. The minimum absolute atomic E-state index is 0.0237. The third-order valence-electron chi connectivity index (χ3n) is 8.45. The van der Waals surface area contributed by atoms with Gasteiger partial charge in [0.1, 0.15) is 5.78 Å². The van der Waals surface area contributed by atoms with Gasteiger partial charge in [0.15, 0.2) is 0 Å². The number of nitrogens with zero attached hydrogens (tertiary/aromatic N) is 1. The molecule has 4 rings (SSSR count). The van der Waals surface area contributed by atoms with Crippen molar-refractivity contribution in [2.24, 2.45) is 34.5 Å². The van der Waals surface area contributed by atoms with Gasteiger partial charge in [-0.1, -0.05) is 19.9 Å². The molecule has 132 valence electrons. The molecule has 0 radical (unpaired) electrons. The van der Waals surface area contributed by atoms with E-state index in [2.05, 4.69) is 19.9 Å². The van der Waals surface area contributed by atoms with Crippen molar-refractivity contribution in [3.63, 3.8) is 0 Å². The molecule has 0 saturated heterocycles. The standard InChI is InChI=1S/C20H29NO3/c1-19-9-7-13(12-21(23)24)11-14(19)3-4-15-16-5-6-18(22)20(16,2)10-8-17(15)19/h7,14-17H,3-6,8-12H2,1-2H3/t14-,15?,16?,17?,19-,20-/m0/s1. The molecule has 0 N–H and O–H groups in total. The van der Waals surface area contributed by atoms with Gasteiger partial charge < -0.3 is 0 Å². The lowest BCUT2D eigenvalue weighted by atomic mass is 9.45. The topological polar surface area (TPSA) is 60.2 Å². The van der Waals surface area contributed by atoms with Crippen LogP contribution in [0.1, 0.15) is 65.2 Å². The van der Waals surface area contributed by atoms with Crippen LogP contribution in [-0.2, 0) is 4.79 Å². The molecule has 0 bridgehead atoms. The summed E-state index contributed by atoms with van der Waals surface area (Å²) < 4.78 is 0. The second-order valence-corrected chi connectivity index (χ2v) is 9.34. The first-order chi connectivity index (χ1) is 11.3. The average Bonchev–Trinajstić information content (AvgIpc) is 2.83. The van der Waals surface area contributed by atoms with Crippen molar-refractivity contribution in [1.29, 1.82) is 0 Å². The van der Waals surface area contributed by atoms with E-state index in [0.29, 0.717) is 29.5 Å². The average molecular weight is 331 g/mol. The Morgan fingerprint density at radius 2 is 2.00 bits per heavy atom. The molecular formula is C20H29NO3. The smallest absolute Gasteiger partial charge is 0.224 e. The van der Waals surface area contributed by atoms with Crippen LogP contribution in [0, 0.1) is 44.6 Å². The molecule has 24 heavy (non-hydrogen) atoms. The lowest BCUT2D eigenvalue weighted by molar-refractivity contribution is -0.471. The third kappa shape index (κ3) is 2.21. The summed E-state index contributed by atoms with van der Waals surface area (Å²) in [6.07, 6.45) is 10.6. The summed E-state index contributed by atoms with van der Waals surface area (Å²) in [5.41, 5.74) is 1.28. The monoisotopic (exact) mass is 331 g/mol. The minimum Gasteiger partial charge on any atom is -0.299 e. The molecule has 3 unspecified atom stereocenters. The Morgan fingerprint density at radius 1 is 1.21 bits per heavy atom. The van der Waals surface area contributed by atoms with Crippen LogP contribution in [0.3, 0.4) is 0 Å². The first kappa shape index (κ1) is 16.3. The molecule has 4 aliphatic rings. The molecular weight excluding hydrogens is 302 g/mol. The van der Waals surface area contributed by atoms with Crippen LogP contribution in [0.25, 0.3) is 0 Å². The first-order valence-electron chi connectivity index (χ1n) is 9.67. The van der Waals surface area contributed by atoms with Crippen molar-refractivity contribution in [2.75, 3.05) is 6.54 Å². The Hall–Kier alpha value is -1.19. The predicted molar refractivity (Wildman–Crippen MR) is 92.1 cm³/mol. The van der Waals surface area contributed by atoms with E-state index in [1.54, 1.807) is 0 Å². The second-order valence-electron chi connectivity index (χ2n) is 9.34. The number of carbonyl (C=O) groups is 1. The SMILES string of the molecule is C[C@]12CCC3C(CC[C@H]4CC(C[N+](=O)[O-])=CC[C@]34C)C1CCC2=O. The highest BCUT2D eigenvalue weighted by atomic mass is 16.6. The van der Waals surface area contributed by atoms with Crippen molar-refractivity contribution >= 4 is 5.78 Å². The van der Waals surface area contributed by atoms with Crippen molar-refractivity contribution in [3.05, 3.63) is 21.8 Å². The van der Waals surface area contributed by atoms with E-state index in [0.717, 1.165) is 37.7 Å². The Kier molecular flexibility index (Phi) is 3.67. The Balaban J connectivity index is 1.59. The Bertz CT molecular complexity index is 612. The van der Waals surface area contributed by atoms with Gasteiger partial charge in [0.25, 0.3) is 0 Å². The largest absolute Gasteiger partial charge is 0.299 e. The molecule has 4 aliphatic carbocycles. The minimum atomic E-state index is -0.184. The molecule has 4 nitrogen and oxygen atoms in total. The van der Waals surface area contributed by atoms with Gasteiger partial charge in [0.2, 0.25) is 6.54 Å². The number of carbonyl (C=O) groups excluding carboxylic acids is 1.